The molecular weight excluding hydrogens is 797 g/mol. The van der Waals surface area contributed by atoms with Crippen LogP contribution in [-0.4, -0.2) is 111 Å². The van der Waals surface area contributed by atoms with E-state index in [9.17, 15) is 37.6 Å². The number of benzene rings is 1. The number of ether oxygens (including phenoxy) is 1. The minimum absolute atomic E-state index is 0. The quantitative estimate of drug-likeness (QED) is 0.218. The van der Waals surface area contributed by atoms with Gasteiger partial charge in [-0.2, -0.15) is 18.4 Å². The molecule has 1 aromatic carbocycles. The summed E-state index contributed by atoms with van der Waals surface area (Å²) in [7, 11) is 0. The number of halogens is 4. The van der Waals surface area contributed by atoms with Crippen LogP contribution < -0.4 is 15.5 Å². The number of nitrogens with one attached hydrogen (secondary N) is 2. The van der Waals surface area contributed by atoms with E-state index in [4.69, 9.17) is 17.4 Å². The van der Waals surface area contributed by atoms with Crippen molar-refractivity contribution in [2.45, 2.75) is 120 Å². The molecule has 316 valence electrons. The van der Waals surface area contributed by atoms with E-state index >= 15 is 0 Å². The van der Waals surface area contributed by atoms with Crippen molar-refractivity contribution >= 4 is 60.2 Å². The molecule has 13 nitrogen and oxygen atoms in total. The second-order valence-electron chi connectivity index (χ2n) is 16.4. The van der Waals surface area contributed by atoms with Gasteiger partial charge in [-0.3, -0.25) is 44.1 Å². The summed E-state index contributed by atoms with van der Waals surface area (Å²) in [6, 6.07) is 8.50. The number of thiol groups is 1. The molecule has 1 aliphatic carbocycles. The highest BCUT2D eigenvalue weighted by molar-refractivity contribution is 7.81. The van der Waals surface area contributed by atoms with Gasteiger partial charge in [-0.1, -0.05) is 0 Å². The summed E-state index contributed by atoms with van der Waals surface area (Å²) in [6.07, 6.45) is 0.460. The molecule has 4 heterocycles. The number of amides is 4. The molecule has 6 rings (SSSR count). The highest BCUT2D eigenvalue weighted by Gasteiger charge is 2.54. The van der Waals surface area contributed by atoms with E-state index in [1.807, 2.05) is 4.90 Å². The maximum absolute atomic E-state index is 13.7. The van der Waals surface area contributed by atoms with Crippen LogP contribution in [0.2, 0.25) is 0 Å². The summed E-state index contributed by atoms with van der Waals surface area (Å²) in [6.45, 7) is 12.5. The minimum atomic E-state index is -4.75. The lowest BCUT2D eigenvalue weighted by molar-refractivity contribution is -0.138. The zero-order chi connectivity index (χ0) is 41.4. The lowest BCUT2D eigenvalue weighted by Gasteiger charge is -2.44. The molecule has 1 saturated carbocycles. The van der Waals surface area contributed by atoms with Crippen LogP contribution in [-0.2, 0) is 35.5 Å². The van der Waals surface area contributed by atoms with Crippen LogP contribution in [0.1, 0.15) is 89.8 Å². The van der Waals surface area contributed by atoms with E-state index < -0.39 is 33.8 Å². The summed E-state index contributed by atoms with van der Waals surface area (Å²) in [4.78, 5) is 63.2. The smallest absolute Gasteiger partial charge is 0.377 e. The Kier molecular flexibility index (Phi) is 13.9. The van der Waals surface area contributed by atoms with Crippen LogP contribution in [0.3, 0.4) is 0 Å². The Labute approximate surface area is 348 Å². The van der Waals surface area contributed by atoms with E-state index in [0.717, 1.165) is 57.5 Å². The van der Waals surface area contributed by atoms with Gasteiger partial charge in [-0.05, 0) is 103 Å². The summed E-state index contributed by atoms with van der Waals surface area (Å²) in [5.74, 6) is -0.862. The minimum Gasteiger partial charge on any atom is -0.377 e. The molecule has 2 unspecified atom stereocenters. The zero-order valence-corrected chi connectivity index (χ0v) is 35.1. The third-order valence-corrected chi connectivity index (χ3v) is 12.6. The maximum Gasteiger partial charge on any atom is 0.417 e. The van der Waals surface area contributed by atoms with Gasteiger partial charge in [0.1, 0.15) is 11.3 Å². The molecule has 3 saturated heterocycles. The number of carbonyl (C=O) groups excluding carboxylic acids is 4. The number of aromatic nitrogens is 1. The normalized spacial score (nSPS) is 28.4. The van der Waals surface area contributed by atoms with Gasteiger partial charge in [0.25, 0.3) is 0 Å². The molecule has 0 bridgehead atoms. The second-order valence-corrected chi connectivity index (χ2v) is 16.9. The number of imide groups is 1. The number of hydrogen-bond donors (Lipinski definition) is 3. The molecule has 0 spiro atoms. The monoisotopic (exact) mass is 848 g/mol. The lowest BCUT2D eigenvalue weighted by Crippen LogP contribution is -2.58. The number of alkyl halides is 3. The summed E-state index contributed by atoms with van der Waals surface area (Å²) >= 11 is 4.76. The molecule has 4 aliphatic rings. The van der Waals surface area contributed by atoms with Crippen molar-refractivity contribution in [2.75, 3.05) is 43.0 Å². The lowest BCUT2D eigenvalue weighted by atomic mass is 9.76. The largest absolute Gasteiger partial charge is 0.417 e. The number of rotatable bonds is 10. The summed E-state index contributed by atoms with van der Waals surface area (Å²) in [5, 5.41) is 14.5. The van der Waals surface area contributed by atoms with Crippen LogP contribution >= 0.6 is 25.0 Å². The molecule has 2 aromatic rings. The first-order valence-corrected chi connectivity index (χ1v) is 20.0. The molecule has 3 aliphatic heterocycles. The van der Waals surface area contributed by atoms with Gasteiger partial charge in [0.2, 0.25) is 23.6 Å². The molecular formula is C40H52ClF3N8O5S. The fourth-order valence-corrected chi connectivity index (χ4v) is 9.62. The molecule has 58 heavy (non-hydrogen) atoms. The Hall–Kier alpha value is -3.79. The Morgan fingerprint density at radius 2 is 1.74 bits per heavy atom. The van der Waals surface area contributed by atoms with E-state index in [0.29, 0.717) is 24.4 Å². The van der Waals surface area contributed by atoms with Crippen LogP contribution in [0.4, 0.5) is 24.7 Å². The van der Waals surface area contributed by atoms with Gasteiger partial charge in [0, 0.05) is 56.1 Å². The Morgan fingerprint density at radius 1 is 1.07 bits per heavy atom. The topological polar surface area (TPSA) is 151 Å². The van der Waals surface area contributed by atoms with E-state index in [-0.39, 0.29) is 78.9 Å². The molecule has 2 N–H and O–H groups in total. The van der Waals surface area contributed by atoms with Crippen molar-refractivity contribution < 1.29 is 37.1 Å². The molecule has 4 atom stereocenters. The number of pyridine rings is 1. The van der Waals surface area contributed by atoms with Crippen molar-refractivity contribution in [3.63, 3.8) is 0 Å². The fourth-order valence-electron chi connectivity index (χ4n) is 8.90. The number of piperazine rings is 1. The number of piperidine rings is 1. The SMILES string of the molecule is C[C@@H]1CN(CCOC2CCC(N3C(S)N(c4ccc(C#N)c(C(F)(F)F)c4)C(=O)C3(C)C)CC2)C[C@H](C)N1CC(=O)Nc1cc(C2(C)CCC(=O)NC2=O)ccn1.Cl. The van der Waals surface area contributed by atoms with Crippen molar-refractivity contribution in [3.8, 4) is 6.07 Å². The number of nitrogens with zero attached hydrogens (tertiary/aromatic N) is 6. The third-order valence-electron chi connectivity index (χ3n) is 12.1. The van der Waals surface area contributed by atoms with Crippen molar-refractivity contribution in [3.05, 3.63) is 53.2 Å². The van der Waals surface area contributed by atoms with Crippen molar-refractivity contribution in [2.24, 2.45) is 0 Å². The van der Waals surface area contributed by atoms with Crippen molar-refractivity contribution in [1.82, 2.24) is 25.0 Å². The number of carbonyl (C=O) groups is 4. The summed E-state index contributed by atoms with van der Waals surface area (Å²) in [5.41, 5.74) is -3.54. The van der Waals surface area contributed by atoms with Gasteiger partial charge in [-0.25, -0.2) is 4.98 Å². The van der Waals surface area contributed by atoms with Crippen LogP contribution in [0.15, 0.2) is 36.5 Å². The molecule has 0 radical (unpaired) electrons. The van der Waals surface area contributed by atoms with Crippen molar-refractivity contribution in [1.29, 1.82) is 5.26 Å². The van der Waals surface area contributed by atoms with Gasteiger partial charge in [0.05, 0.1) is 47.4 Å². The average Bonchev–Trinajstić information content (AvgIpc) is 3.33. The predicted molar refractivity (Wildman–Crippen MR) is 216 cm³/mol. The number of hydrogen-bond acceptors (Lipinski definition) is 11. The highest BCUT2D eigenvalue weighted by Crippen LogP contribution is 2.43. The van der Waals surface area contributed by atoms with E-state index in [1.54, 1.807) is 45.2 Å². The fraction of sp³-hybridized carbons (Fsp3) is 0.600. The number of nitriles is 1. The Balaban J connectivity index is 0.00000641. The van der Waals surface area contributed by atoms with Gasteiger partial charge in [-0.15, -0.1) is 25.0 Å². The highest BCUT2D eigenvalue weighted by atomic mass is 35.5. The maximum atomic E-state index is 13.7. The van der Waals surface area contributed by atoms with Gasteiger partial charge >= 0.3 is 6.18 Å². The molecule has 18 heteroatoms. The number of anilines is 2. The Morgan fingerprint density at radius 3 is 2.36 bits per heavy atom. The molecule has 4 amide bonds. The molecule has 4 fully saturated rings. The summed E-state index contributed by atoms with van der Waals surface area (Å²) < 4.78 is 47.6. The Bertz CT molecular complexity index is 1910. The first-order chi connectivity index (χ1) is 26.8. The predicted octanol–water partition coefficient (Wildman–Crippen LogP) is 5.09. The van der Waals surface area contributed by atoms with Crippen LogP contribution in [0.25, 0.3) is 0 Å². The van der Waals surface area contributed by atoms with Gasteiger partial charge in [0.15, 0.2) is 0 Å². The van der Waals surface area contributed by atoms with E-state index in [2.05, 4.69) is 39.3 Å². The zero-order valence-electron chi connectivity index (χ0n) is 33.3. The second kappa shape index (κ2) is 17.8. The van der Waals surface area contributed by atoms with Crippen LogP contribution in [0, 0.1) is 11.3 Å². The standard InChI is InChI=1S/C40H51F3N8O5S.ClH/c1-24-21-48(22-25(2)49(24)23-34(53)46-32-18-27(13-15-45-32)39(5)14-12-33(52)47-35(39)54)16-17-56-30-10-8-28(9-11-30)51-37(57)50(36(55)38(51,3)4)29-7-6-26(20-44)31(19-29)40(41,42)43;/h6-7,13,15,18-19,24-25,28,30,37,57H,8-12,14,16-17,21-23H2,1-5H3,(H,45,46,53)(H,47,52,54);1H/t24-,25+,28?,30?,37?,39?;. The average molecular weight is 849 g/mol. The van der Waals surface area contributed by atoms with E-state index in [1.165, 1.54) is 11.0 Å². The van der Waals surface area contributed by atoms with Crippen LogP contribution in [0.5, 0.6) is 0 Å². The third kappa shape index (κ3) is 9.32. The molecule has 1 aromatic heterocycles. The first kappa shape index (κ1) is 45.3. The van der Waals surface area contributed by atoms with Gasteiger partial charge < -0.3 is 10.1 Å². The first-order valence-electron chi connectivity index (χ1n) is 19.5.